The van der Waals surface area contributed by atoms with Crippen molar-refractivity contribution in [3.8, 4) is 0 Å². The fourth-order valence-electron chi connectivity index (χ4n) is 2.00. The molecule has 0 aromatic carbocycles. The summed E-state index contributed by atoms with van der Waals surface area (Å²) in [6.45, 7) is 4.90. The van der Waals surface area contributed by atoms with E-state index in [0.717, 1.165) is 13.0 Å². The van der Waals surface area contributed by atoms with E-state index in [-0.39, 0.29) is 11.9 Å². The molecule has 4 N–H and O–H groups in total. The molecule has 18 heavy (non-hydrogen) atoms. The molecule has 0 aliphatic rings. The van der Waals surface area contributed by atoms with Gasteiger partial charge in [0.25, 0.3) is 5.91 Å². The Hall–Kier alpha value is -0.570. The third-order valence-corrected chi connectivity index (χ3v) is 3.28. The third kappa shape index (κ3) is 11.9. The summed E-state index contributed by atoms with van der Waals surface area (Å²) in [4.78, 5) is 11.2. The summed E-state index contributed by atoms with van der Waals surface area (Å²) in [7, 11) is 0. The van der Waals surface area contributed by atoms with E-state index in [2.05, 4.69) is 18.0 Å². The zero-order chi connectivity index (χ0) is 13.6. The maximum absolute atomic E-state index is 11.2. The van der Waals surface area contributed by atoms with Gasteiger partial charge in [-0.05, 0) is 13.3 Å². The minimum absolute atomic E-state index is 0.0749. The average Bonchev–Trinajstić information content (AvgIpc) is 2.35. The molecule has 3 nitrogen and oxygen atoms in total. The fourth-order valence-corrected chi connectivity index (χ4v) is 2.00. The van der Waals surface area contributed by atoms with Crippen molar-refractivity contribution >= 4 is 5.91 Å². The molecular formula is C15H33N2O+. The second kappa shape index (κ2) is 12.9. The van der Waals surface area contributed by atoms with Crippen LogP contribution in [0.2, 0.25) is 0 Å². The Morgan fingerprint density at radius 2 is 1.39 bits per heavy atom. The van der Waals surface area contributed by atoms with Crippen LogP contribution in [0, 0.1) is 0 Å². The van der Waals surface area contributed by atoms with Gasteiger partial charge in [-0.1, -0.05) is 64.7 Å². The van der Waals surface area contributed by atoms with Gasteiger partial charge in [-0.15, -0.1) is 0 Å². The second-order valence-corrected chi connectivity index (χ2v) is 5.37. The Labute approximate surface area is 113 Å². The molecule has 1 unspecified atom stereocenters. The van der Waals surface area contributed by atoms with Crippen molar-refractivity contribution in [2.45, 2.75) is 84.1 Å². The van der Waals surface area contributed by atoms with Crippen LogP contribution in [0.1, 0.15) is 78.1 Å². The van der Waals surface area contributed by atoms with Gasteiger partial charge in [-0.3, -0.25) is 4.79 Å². The Balaban J connectivity index is 3.05. The molecule has 1 amide bonds. The van der Waals surface area contributed by atoms with Gasteiger partial charge in [0, 0.05) is 6.54 Å². The zero-order valence-electron chi connectivity index (χ0n) is 12.5. The van der Waals surface area contributed by atoms with Gasteiger partial charge in [0.2, 0.25) is 0 Å². The van der Waals surface area contributed by atoms with E-state index >= 15 is 0 Å². The molecule has 0 saturated heterocycles. The standard InChI is InChI=1S/C15H32N2O/c1-3-4-5-6-7-8-9-10-11-12-13-17-15(18)14(2)16/h14H,3-13,16H2,1-2H3,(H,17,18)/p+1. The van der Waals surface area contributed by atoms with E-state index in [0.29, 0.717) is 0 Å². The third-order valence-electron chi connectivity index (χ3n) is 3.28. The highest BCUT2D eigenvalue weighted by molar-refractivity contribution is 5.79. The van der Waals surface area contributed by atoms with Crippen molar-refractivity contribution in [1.82, 2.24) is 5.32 Å². The van der Waals surface area contributed by atoms with Gasteiger partial charge in [-0.25, -0.2) is 0 Å². The molecule has 0 spiro atoms. The number of carbonyl (C=O) groups is 1. The summed E-state index contributed by atoms with van der Waals surface area (Å²) >= 11 is 0. The van der Waals surface area contributed by atoms with E-state index in [4.69, 9.17) is 0 Å². The summed E-state index contributed by atoms with van der Waals surface area (Å²) in [5, 5.41) is 2.91. The fraction of sp³-hybridized carbons (Fsp3) is 0.933. The van der Waals surface area contributed by atoms with Gasteiger partial charge < -0.3 is 11.1 Å². The molecule has 108 valence electrons. The quantitative estimate of drug-likeness (QED) is 0.519. The largest absolute Gasteiger partial charge is 0.351 e. The van der Waals surface area contributed by atoms with Crippen LogP contribution >= 0.6 is 0 Å². The van der Waals surface area contributed by atoms with E-state index < -0.39 is 0 Å². The first-order valence-electron chi connectivity index (χ1n) is 7.79. The monoisotopic (exact) mass is 257 g/mol. The Kier molecular flexibility index (Phi) is 12.5. The molecule has 3 heteroatoms. The highest BCUT2D eigenvalue weighted by Gasteiger charge is 2.08. The van der Waals surface area contributed by atoms with Gasteiger partial charge in [-0.2, -0.15) is 0 Å². The highest BCUT2D eigenvalue weighted by atomic mass is 16.2. The Morgan fingerprint density at radius 1 is 0.944 bits per heavy atom. The van der Waals surface area contributed by atoms with Gasteiger partial charge in [0.1, 0.15) is 0 Å². The normalized spacial score (nSPS) is 12.4. The lowest BCUT2D eigenvalue weighted by Gasteiger charge is -2.05. The smallest absolute Gasteiger partial charge is 0.277 e. The molecule has 0 bridgehead atoms. The lowest BCUT2D eigenvalue weighted by molar-refractivity contribution is -0.398. The number of nitrogens with one attached hydrogen (secondary N) is 1. The predicted octanol–water partition coefficient (Wildman–Crippen LogP) is 2.65. The topological polar surface area (TPSA) is 56.7 Å². The predicted molar refractivity (Wildman–Crippen MR) is 77.2 cm³/mol. The molecule has 0 aliphatic carbocycles. The summed E-state index contributed by atoms with van der Waals surface area (Å²) in [5.41, 5.74) is 3.70. The first-order chi connectivity index (χ1) is 8.68. The maximum atomic E-state index is 11.2. The number of rotatable bonds is 12. The van der Waals surface area contributed by atoms with Crippen molar-refractivity contribution in [1.29, 1.82) is 0 Å². The highest BCUT2D eigenvalue weighted by Crippen LogP contribution is 2.10. The molecule has 1 atom stereocenters. The molecule has 0 aromatic rings. The van der Waals surface area contributed by atoms with Gasteiger partial charge >= 0.3 is 0 Å². The lowest BCUT2D eigenvalue weighted by Crippen LogP contribution is -2.65. The zero-order valence-corrected chi connectivity index (χ0v) is 12.5. The van der Waals surface area contributed by atoms with E-state index in [1.807, 2.05) is 6.92 Å². The van der Waals surface area contributed by atoms with Crippen molar-refractivity contribution in [2.75, 3.05) is 6.54 Å². The Bertz CT molecular complexity index is 193. The van der Waals surface area contributed by atoms with Crippen LogP contribution in [0.25, 0.3) is 0 Å². The molecule has 0 aliphatic heterocycles. The van der Waals surface area contributed by atoms with E-state index in [9.17, 15) is 4.79 Å². The van der Waals surface area contributed by atoms with Crippen LogP contribution < -0.4 is 11.1 Å². The minimum Gasteiger partial charge on any atom is -0.351 e. The molecular weight excluding hydrogens is 224 g/mol. The first-order valence-corrected chi connectivity index (χ1v) is 7.79. The SMILES string of the molecule is CCCCCCCCCCCCNC(=O)C(C)[NH3+]. The molecule has 0 rings (SSSR count). The molecule has 0 saturated carbocycles. The summed E-state index contributed by atoms with van der Waals surface area (Å²) in [5.74, 6) is 0.0749. The summed E-state index contributed by atoms with van der Waals surface area (Å²) in [6.07, 6.45) is 13.3. The van der Waals surface area contributed by atoms with Crippen LogP contribution in [0.15, 0.2) is 0 Å². The Morgan fingerprint density at radius 3 is 1.83 bits per heavy atom. The number of quaternary nitrogens is 1. The van der Waals surface area contributed by atoms with Gasteiger partial charge in [0.05, 0.1) is 0 Å². The van der Waals surface area contributed by atoms with E-state index in [1.54, 1.807) is 0 Å². The van der Waals surface area contributed by atoms with E-state index in [1.165, 1.54) is 57.8 Å². The van der Waals surface area contributed by atoms with Crippen LogP contribution in [-0.2, 0) is 4.79 Å². The van der Waals surface area contributed by atoms with Crippen LogP contribution in [0.5, 0.6) is 0 Å². The molecule has 0 heterocycles. The summed E-state index contributed by atoms with van der Waals surface area (Å²) < 4.78 is 0. The second-order valence-electron chi connectivity index (χ2n) is 5.37. The van der Waals surface area contributed by atoms with Crippen molar-refractivity contribution in [2.24, 2.45) is 0 Å². The van der Waals surface area contributed by atoms with Crippen molar-refractivity contribution < 1.29 is 10.5 Å². The van der Waals surface area contributed by atoms with Gasteiger partial charge in [0.15, 0.2) is 6.04 Å². The first kappa shape index (κ1) is 17.4. The number of unbranched alkanes of at least 4 members (excludes halogenated alkanes) is 9. The maximum Gasteiger partial charge on any atom is 0.277 e. The van der Waals surface area contributed by atoms with Crippen LogP contribution in [0.4, 0.5) is 0 Å². The van der Waals surface area contributed by atoms with Crippen molar-refractivity contribution in [3.63, 3.8) is 0 Å². The molecule has 0 aromatic heterocycles. The molecule has 0 fully saturated rings. The minimum atomic E-state index is -0.131. The lowest BCUT2D eigenvalue weighted by atomic mass is 10.1. The van der Waals surface area contributed by atoms with Crippen LogP contribution in [0.3, 0.4) is 0 Å². The number of amides is 1. The molecule has 0 radical (unpaired) electrons. The van der Waals surface area contributed by atoms with Crippen LogP contribution in [-0.4, -0.2) is 18.5 Å². The summed E-state index contributed by atoms with van der Waals surface area (Å²) in [6, 6.07) is -0.131. The number of hydrogen-bond acceptors (Lipinski definition) is 1. The number of carbonyl (C=O) groups excluding carboxylic acids is 1. The number of hydrogen-bond donors (Lipinski definition) is 2. The average molecular weight is 257 g/mol. The van der Waals surface area contributed by atoms with Crippen molar-refractivity contribution in [3.05, 3.63) is 0 Å².